The number of hydrogen-bond acceptors (Lipinski definition) is 3. The van der Waals surface area contributed by atoms with Crippen LogP contribution in [-0.2, 0) is 6.54 Å². The van der Waals surface area contributed by atoms with E-state index in [9.17, 15) is 0 Å². The molecule has 1 aromatic rings. The molecule has 3 nitrogen and oxygen atoms in total. The molecule has 0 spiro atoms. The van der Waals surface area contributed by atoms with Gasteiger partial charge >= 0.3 is 0 Å². The fraction of sp³-hybridized carbons (Fsp3) is 0.688. The molecule has 0 saturated carbocycles. The highest BCUT2D eigenvalue weighted by atomic mass is 15.1. The van der Waals surface area contributed by atoms with Crippen molar-refractivity contribution in [3.63, 3.8) is 0 Å². The van der Waals surface area contributed by atoms with Gasteiger partial charge in [0.1, 0.15) is 0 Å². The standard InChI is InChI=1S/C16H27N3/c1-4-8-17-14-6-9-18-15(11-14)12-19-10-5-7-16(2,3)13-19/h6,9,11H,4-5,7-8,10,12-13H2,1-3H3,(H,17,18). The van der Waals surface area contributed by atoms with E-state index in [1.165, 1.54) is 37.3 Å². The minimum Gasteiger partial charge on any atom is -0.385 e. The van der Waals surface area contributed by atoms with Crippen LogP contribution in [0.3, 0.4) is 0 Å². The zero-order chi connectivity index (χ0) is 13.7. The Morgan fingerprint density at radius 3 is 3.00 bits per heavy atom. The van der Waals surface area contributed by atoms with Crippen molar-refractivity contribution in [2.24, 2.45) is 5.41 Å². The molecule has 0 aromatic carbocycles. The van der Waals surface area contributed by atoms with Crippen LogP contribution >= 0.6 is 0 Å². The quantitative estimate of drug-likeness (QED) is 0.879. The third-order valence-electron chi connectivity index (χ3n) is 3.76. The van der Waals surface area contributed by atoms with E-state index in [0.717, 1.165) is 19.5 Å². The molecular weight excluding hydrogens is 234 g/mol. The van der Waals surface area contributed by atoms with Gasteiger partial charge in [-0.2, -0.15) is 0 Å². The Hall–Kier alpha value is -1.09. The number of aromatic nitrogens is 1. The number of nitrogens with zero attached hydrogens (tertiary/aromatic N) is 2. The molecule has 1 aliphatic rings. The van der Waals surface area contributed by atoms with Gasteiger partial charge in [0, 0.05) is 31.5 Å². The lowest BCUT2D eigenvalue weighted by molar-refractivity contribution is 0.110. The Balaban J connectivity index is 1.94. The summed E-state index contributed by atoms with van der Waals surface area (Å²) in [7, 11) is 0. The maximum atomic E-state index is 4.51. The molecule has 1 aliphatic heterocycles. The molecule has 106 valence electrons. The highest BCUT2D eigenvalue weighted by Gasteiger charge is 2.26. The van der Waals surface area contributed by atoms with Crippen LogP contribution in [0.1, 0.15) is 45.7 Å². The molecule has 0 unspecified atom stereocenters. The second-order valence-electron chi connectivity index (χ2n) is 6.44. The summed E-state index contributed by atoms with van der Waals surface area (Å²) in [4.78, 5) is 7.04. The molecule has 1 fully saturated rings. The van der Waals surface area contributed by atoms with Crippen LogP contribution < -0.4 is 5.32 Å². The Labute approximate surface area is 117 Å². The van der Waals surface area contributed by atoms with E-state index >= 15 is 0 Å². The largest absolute Gasteiger partial charge is 0.385 e. The van der Waals surface area contributed by atoms with Gasteiger partial charge in [-0.3, -0.25) is 9.88 Å². The van der Waals surface area contributed by atoms with Gasteiger partial charge in [0.2, 0.25) is 0 Å². The van der Waals surface area contributed by atoms with E-state index in [-0.39, 0.29) is 0 Å². The second kappa shape index (κ2) is 6.38. The van der Waals surface area contributed by atoms with Crippen molar-refractivity contribution in [2.45, 2.75) is 46.6 Å². The highest BCUT2D eigenvalue weighted by molar-refractivity contribution is 5.43. The van der Waals surface area contributed by atoms with Crippen LogP contribution in [0.15, 0.2) is 18.3 Å². The van der Waals surface area contributed by atoms with Gasteiger partial charge in [-0.15, -0.1) is 0 Å². The van der Waals surface area contributed by atoms with Crippen LogP contribution in [0.25, 0.3) is 0 Å². The minimum absolute atomic E-state index is 0.455. The van der Waals surface area contributed by atoms with Crippen LogP contribution in [0, 0.1) is 5.41 Å². The molecule has 1 saturated heterocycles. The molecule has 2 rings (SSSR count). The molecule has 0 radical (unpaired) electrons. The summed E-state index contributed by atoms with van der Waals surface area (Å²) in [5.41, 5.74) is 2.83. The van der Waals surface area contributed by atoms with Gasteiger partial charge in [0.05, 0.1) is 5.69 Å². The summed E-state index contributed by atoms with van der Waals surface area (Å²) in [6.07, 6.45) is 5.72. The molecular formula is C16H27N3. The topological polar surface area (TPSA) is 28.2 Å². The van der Waals surface area contributed by atoms with Crippen LogP contribution in [-0.4, -0.2) is 29.5 Å². The lowest BCUT2D eigenvalue weighted by Gasteiger charge is -2.37. The molecule has 2 heterocycles. The zero-order valence-corrected chi connectivity index (χ0v) is 12.6. The number of likely N-dealkylation sites (tertiary alicyclic amines) is 1. The van der Waals surface area contributed by atoms with Crippen molar-refractivity contribution >= 4 is 5.69 Å². The Morgan fingerprint density at radius 2 is 2.26 bits per heavy atom. The van der Waals surface area contributed by atoms with Crippen molar-refractivity contribution in [1.29, 1.82) is 0 Å². The molecule has 1 N–H and O–H groups in total. The molecule has 0 atom stereocenters. The smallest absolute Gasteiger partial charge is 0.0564 e. The Kier molecular flexibility index (Phi) is 4.81. The average Bonchev–Trinajstić information content (AvgIpc) is 2.35. The van der Waals surface area contributed by atoms with Crippen molar-refractivity contribution in [3.05, 3.63) is 24.0 Å². The summed E-state index contributed by atoms with van der Waals surface area (Å²) >= 11 is 0. The summed E-state index contributed by atoms with van der Waals surface area (Å²) in [5, 5.41) is 3.43. The van der Waals surface area contributed by atoms with E-state index < -0.39 is 0 Å². The van der Waals surface area contributed by atoms with Crippen LogP contribution in [0.2, 0.25) is 0 Å². The monoisotopic (exact) mass is 261 g/mol. The van der Waals surface area contributed by atoms with Crippen molar-refractivity contribution < 1.29 is 0 Å². The summed E-state index contributed by atoms with van der Waals surface area (Å²) < 4.78 is 0. The maximum absolute atomic E-state index is 4.51. The fourth-order valence-corrected chi connectivity index (χ4v) is 2.85. The van der Waals surface area contributed by atoms with E-state index in [0.29, 0.717) is 5.41 Å². The molecule has 0 aliphatic carbocycles. The highest BCUT2D eigenvalue weighted by Crippen LogP contribution is 2.29. The average molecular weight is 261 g/mol. The predicted octanol–water partition coefficient (Wildman–Crippen LogP) is 3.53. The van der Waals surface area contributed by atoms with Gasteiger partial charge in [0.25, 0.3) is 0 Å². The van der Waals surface area contributed by atoms with Gasteiger partial charge in [0.15, 0.2) is 0 Å². The van der Waals surface area contributed by atoms with E-state index in [1.807, 2.05) is 6.20 Å². The second-order valence-corrected chi connectivity index (χ2v) is 6.44. The van der Waals surface area contributed by atoms with Crippen LogP contribution in [0.5, 0.6) is 0 Å². The first kappa shape index (κ1) is 14.3. The molecule has 1 aromatic heterocycles. The maximum Gasteiger partial charge on any atom is 0.0564 e. The van der Waals surface area contributed by atoms with Crippen molar-refractivity contribution in [3.8, 4) is 0 Å². The zero-order valence-electron chi connectivity index (χ0n) is 12.6. The number of rotatable bonds is 5. The number of piperidine rings is 1. The summed E-state index contributed by atoms with van der Waals surface area (Å²) in [6, 6.07) is 4.25. The third-order valence-corrected chi connectivity index (χ3v) is 3.76. The van der Waals surface area contributed by atoms with E-state index in [2.05, 4.69) is 48.1 Å². The Bertz CT molecular complexity index is 401. The van der Waals surface area contributed by atoms with E-state index in [4.69, 9.17) is 0 Å². The number of anilines is 1. The lowest BCUT2D eigenvalue weighted by Crippen LogP contribution is -2.39. The number of nitrogens with one attached hydrogen (secondary N) is 1. The third kappa shape index (κ3) is 4.50. The molecule has 0 amide bonds. The van der Waals surface area contributed by atoms with Crippen molar-refractivity contribution in [2.75, 3.05) is 25.0 Å². The van der Waals surface area contributed by atoms with Gasteiger partial charge < -0.3 is 5.32 Å². The van der Waals surface area contributed by atoms with Gasteiger partial charge in [-0.05, 0) is 43.4 Å². The lowest BCUT2D eigenvalue weighted by atomic mass is 9.84. The van der Waals surface area contributed by atoms with E-state index in [1.54, 1.807) is 0 Å². The fourth-order valence-electron chi connectivity index (χ4n) is 2.85. The van der Waals surface area contributed by atoms with Crippen molar-refractivity contribution in [1.82, 2.24) is 9.88 Å². The first-order valence-corrected chi connectivity index (χ1v) is 7.50. The predicted molar refractivity (Wildman–Crippen MR) is 81.3 cm³/mol. The van der Waals surface area contributed by atoms with Crippen LogP contribution in [0.4, 0.5) is 5.69 Å². The molecule has 3 heteroatoms. The summed E-state index contributed by atoms with van der Waals surface area (Å²) in [5.74, 6) is 0. The number of pyridine rings is 1. The summed E-state index contributed by atoms with van der Waals surface area (Å²) in [6.45, 7) is 11.3. The first-order valence-electron chi connectivity index (χ1n) is 7.50. The van der Waals surface area contributed by atoms with Gasteiger partial charge in [-0.25, -0.2) is 0 Å². The molecule has 0 bridgehead atoms. The number of hydrogen-bond donors (Lipinski definition) is 1. The normalized spacial score (nSPS) is 19.3. The minimum atomic E-state index is 0.455. The Morgan fingerprint density at radius 1 is 1.42 bits per heavy atom. The van der Waals surface area contributed by atoms with Gasteiger partial charge in [-0.1, -0.05) is 20.8 Å². The first-order chi connectivity index (χ1) is 9.09. The molecule has 19 heavy (non-hydrogen) atoms. The SMILES string of the molecule is CCCNc1ccnc(CN2CCCC(C)(C)C2)c1.